The van der Waals surface area contributed by atoms with Crippen LogP contribution in [0.2, 0.25) is 0 Å². The van der Waals surface area contributed by atoms with E-state index in [0.29, 0.717) is 42.6 Å². The minimum Gasteiger partial charge on any atom is -0.476 e. The standard InChI is InChI=1S/C18H27N3O3S/c1-6-15-14(18(22)23-7-2)8-9-16(19-15)21-11-10-17(20-21)24-12-13-25(3,4)5/h8-11H,6-7,12-13H2,1-5H3. The number of nitrogens with zero attached hydrogens (tertiary/aromatic N) is 3. The molecule has 0 unspecified atom stereocenters. The Labute approximate surface area is 150 Å². The molecule has 2 heterocycles. The van der Waals surface area contributed by atoms with E-state index in [2.05, 4.69) is 28.8 Å². The van der Waals surface area contributed by atoms with E-state index in [1.54, 1.807) is 23.7 Å². The molecule has 0 fully saturated rings. The van der Waals surface area contributed by atoms with Gasteiger partial charge in [0.1, 0.15) is 0 Å². The zero-order valence-electron chi connectivity index (χ0n) is 15.6. The molecule has 0 atom stereocenters. The molecule has 138 valence electrons. The molecule has 2 aromatic rings. The summed E-state index contributed by atoms with van der Waals surface area (Å²) in [7, 11) is -0.582. The summed E-state index contributed by atoms with van der Waals surface area (Å²) in [5.41, 5.74) is 1.20. The molecule has 6 nitrogen and oxygen atoms in total. The van der Waals surface area contributed by atoms with Crippen molar-refractivity contribution in [2.75, 3.05) is 37.7 Å². The minimum absolute atomic E-state index is 0.340. The smallest absolute Gasteiger partial charge is 0.339 e. The molecule has 0 saturated heterocycles. The molecule has 0 saturated carbocycles. The lowest BCUT2D eigenvalue weighted by atomic mass is 10.1. The van der Waals surface area contributed by atoms with Crippen LogP contribution in [0.3, 0.4) is 0 Å². The number of hydrogen-bond donors (Lipinski definition) is 0. The number of esters is 1. The second-order valence-electron chi connectivity index (χ2n) is 6.48. The zero-order chi connectivity index (χ0) is 18.4. The molecule has 0 N–H and O–H groups in total. The van der Waals surface area contributed by atoms with Gasteiger partial charge in [0.05, 0.1) is 24.5 Å². The van der Waals surface area contributed by atoms with Gasteiger partial charge in [-0.15, -0.1) is 5.10 Å². The summed E-state index contributed by atoms with van der Waals surface area (Å²) in [6, 6.07) is 5.33. The van der Waals surface area contributed by atoms with E-state index in [-0.39, 0.29) is 5.97 Å². The Morgan fingerprint density at radius 3 is 2.60 bits per heavy atom. The maximum Gasteiger partial charge on any atom is 0.339 e. The molecule has 0 bridgehead atoms. The van der Waals surface area contributed by atoms with Crippen molar-refractivity contribution in [1.82, 2.24) is 14.8 Å². The van der Waals surface area contributed by atoms with Crippen LogP contribution in [0.5, 0.6) is 5.88 Å². The highest BCUT2D eigenvalue weighted by molar-refractivity contribution is 8.32. The van der Waals surface area contributed by atoms with Crippen molar-refractivity contribution in [3.63, 3.8) is 0 Å². The van der Waals surface area contributed by atoms with Crippen molar-refractivity contribution < 1.29 is 14.3 Å². The first-order valence-electron chi connectivity index (χ1n) is 8.36. The molecule has 0 spiro atoms. The average molecular weight is 365 g/mol. The quantitative estimate of drug-likeness (QED) is 0.673. The van der Waals surface area contributed by atoms with Crippen molar-refractivity contribution >= 4 is 16.0 Å². The highest BCUT2D eigenvalue weighted by Gasteiger charge is 2.14. The van der Waals surface area contributed by atoms with Gasteiger partial charge < -0.3 is 9.47 Å². The molecule has 0 aliphatic heterocycles. The number of pyridine rings is 1. The molecule has 2 rings (SSSR count). The molecule has 0 aromatic carbocycles. The Bertz CT molecular complexity index is 723. The molecule has 0 aliphatic carbocycles. The Morgan fingerprint density at radius 2 is 1.96 bits per heavy atom. The van der Waals surface area contributed by atoms with E-state index in [9.17, 15) is 4.79 Å². The molecular weight excluding hydrogens is 338 g/mol. The Balaban J connectivity index is 2.12. The average Bonchev–Trinajstić information content (AvgIpc) is 3.02. The van der Waals surface area contributed by atoms with E-state index in [1.165, 1.54) is 0 Å². The summed E-state index contributed by atoms with van der Waals surface area (Å²) in [6.07, 6.45) is 9.23. The van der Waals surface area contributed by atoms with Gasteiger partial charge in [0.15, 0.2) is 5.82 Å². The van der Waals surface area contributed by atoms with Crippen LogP contribution < -0.4 is 4.74 Å². The Morgan fingerprint density at radius 1 is 1.20 bits per heavy atom. The van der Waals surface area contributed by atoms with Crippen molar-refractivity contribution in [3.8, 4) is 11.7 Å². The van der Waals surface area contributed by atoms with Crippen LogP contribution in [-0.2, 0) is 11.2 Å². The zero-order valence-corrected chi connectivity index (χ0v) is 16.4. The Kier molecular flexibility index (Phi) is 6.47. The van der Waals surface area contributed by atoms with Crippen LogP contribution in [0.15, 0.2) is 24.4 Å². The molecule has 0 aliphatic rings. The molecule has 0 amide bonds. The molecule has 25 heavy (non-hydrogen) atoms. The second kappa shape index (κ2) is 8.38. The van der Waals surface area contributed by atoms with Crippen molar-refractivity contribution in [3.05, 3.63) is 35.7 Å². The number of ether oxygens (including phenoxy) is 2. The molecule has 2 aromatic heterocycles. The van der Waals surface area contributed by atoms with Gasteiger partial charge in [-0.05, 0) is 44.2 Å². The third-order valence-electron chi connectivity index (χ3n) is 3.53. The number of aryl methyl sites for hydroxylation is 1. The van der Waals surface area contributed by atoms with Crippen LogP contribution in [0.1, 0.15) is 29.9 Å². The van der Waals surface area contributed by atoms with E-state index in [1.807, 2.05) is 19.2 Å². The highest BCUT2D eigenvalue weighted by atomic mass is 32.3. The van der Waals surface area contributed by atoms with Gasteiger partial charge in [-0.25, -0.2) is 24.5 Å². The van der Waals surface area contributed by atoms with Gasteiger partial charge >= 0.3 is 5.97 Å². The van der Waals surface area contributed by atoms with E-state index in [4.69, 9.17) is 9.47 Å². The predicted octanol–water partition coefficient (Wildman–Crippen LogP) is 3.08. The fourth-order valence-electron chi connectivity index (χ4n) is 2.19. The first-order valence-corrected chi connectivity index (χ1v) is 11.4. The van der Waals surface area contributed by atoms with E-state index in [0.717, 1.165) is 5.75 Å². The van der Waals surface area contributed by atoms with Crippen LogP contribution >= 0.6 is 10.0 Å². The van der Waals surface area contributed by atoms with Gasteiger partial charge in [0.25, 0.3) is 0 Å². The molecule has 0 radical (unpaired) electrons. The maximum absolute atomic E-state index is 12.0. The van der Waals surface area contributed by atoms with Gasteiger partial charge in [-0.1, -0.05) is 6.92 Å². The summed E-state index contributed by atoms with van der Waals surface area (Å²) in [5, 5.41) is 4.41. The van der Waals surface area contributed by atoms with Crippen LogP contribution in [-0.4, -0.2) is 58.5 Å². The van der Waals surface area contributed by atoms with E-state index < -0.39 is 10.0 Å². The topological polar surface area (TPSA) is 66.2 Å². The van der Waals surface area contributed by atoms with Crippen molar-refractivity contribution in [2.45, 2.75) is 20.3 Å². The van der Waals surface area contributed by atoms with Crippen LogP contribution in [0, 0.1) is 0 Å². The second-order valence-corrected chi connectivity index (χ2v) is 11.1. The number of hydrogen-bond acceptors (Lipinski definition) is 5. The largest absolute Gasteiger partial charge is 0.476 e. The van der Waals surface area contributed by atoms with Gasteiger partial charge in [0.2, 0.25) is 5.88 Å². The summed E-state index contributed by atoms with van der Waals surface area (Å²) in [5.74, 6) is 1.93. The van der Waals surface area contributed by atoms with Crippen molar-refractivity contribution in [1.29, 1.82) is 0 Å². The van der Waals surface area contributed by atoms with E-state index >= 15 is 0 Å². The number of rotatable bonds is 8. The molecular formula is C18H27N3O3S. The number of carbonyl (C=O) groups excluding carboxylic acids is 1. The van der Waals surface area contributed by atoms with Crippen molar-refractivity contribution in [2.24, 2.45) is 0 Å². The normalized spacial score (nSPS) is 12.0. The van der Waals surface area contributed by atoms with Crippen LogP contribution in [0.4, 0.5) is 0 Å². The lowest BCUT2D eigenvalue weighted by Crippen LogP contribution is -2.11. The molecule has 7 heteroatoms. The summed E-state index contributed by atoms with van der Waals surface area (Å²) < 4.78 is 12.5. The summed E-state index contributed by atoms with van der Waals surface area (Å²) >= 11 is 0. The lowest BCUT2D eigenvalue weighted by Gasteiger charge is -2.24. The fourth-order valence-corrected chi connectivity index (χ4v) is 2.77. The summed E-state index contributed by atoms with van der Waals surface area (Å²) in [4.78, 5) is 16.5. The SMILES string of the molecule is CCOC(=O)c1ccc(-n2ccc(OCCS(C)(C)C)n2)nc1CC. The lowest BCUT2D eigenvalue weighted by molar-refractivity contribution is 0.0524. The minimum atomic E-state index is -0.582. The number of aromatic nitrogens is 3. The third-order valence-corrected chi connectivity index (χ3v) is 4.93. The number of carbonyl (C=O) groups is 1. The first kappa shape index (κ1) is 19.3. The predicted molar refractivity (Wildman–Crippen MR) is 102 cm³/mol. The maximum atomic E-state index is 12.0. The van der Waals surface area contributed by atoms with Gasteiger partial charge in [-0.2, -0.15) is 0 Å². The monoisotopic (exact) mass is 365 g/mol. The first-order chi connectivity index (χ1) is 11.8. The van der Waals surface area contributed by atoms with Crippen LogP contribution in [0.25, 0.3) is 5.82 Å². The van der Waals surface area contributed by atoms with Gasteiger partial charge in [-0.3, -0.25) is 0 Å². The highest BCUT2D eigenvalue weighted by Crippen LogP contribution is 2.33. The van der Waals surface area contributed by atoms with Gasteiger partial charge in [0, 0.05) is 18.0 Å². The fraction of sp³-hybridized carbons (Fsp3) is 0.500. The summed E-state index contributed by atoms with van der Waals surface area (Å²) in [6.45, 7) is 4.75. The third kappa shape index (κ3) is 5.49. The Hall–Kier alpha value is -2.02.